The number of rotatable bonds is 10. The summed E-state index contributed by atoms with van der Waals surface area (Å²) in [5, 5.41) is 23.3. The maximum Gasteiger partial charge on any atom is 0.161 e. The van der Waals surface area contributed by atoms with Gasteiger partial charge >= 0.3 is 0 Å². The summed E-state index contributed by atoms with van der Waals surface area (Å²) in [6.07, 6.45) is 0.742. The minimum atomic E-state index is -0.583. The Kier molecular flexibility index (Phi) is 8.51. The molecule has 1 aliphatic rings. The molecule has 1 heterocycles. The summed E-state index contributed by atoms with van der Waals surface area (Å²) < 4.78 is 11.3. The Morgan fingerprint density at radius 3 is 2.50 bits per heavy atom. The van der Waals surface area contributed by atoms with Gasteiger partial charge in [-0.3, -0.25) is 0 Å². The van der Waals surface area contributed by atoms with Crippen LogP contribution in [0.1, 0.15) is 29.5 Å². The molecule has 0 unspecified atom stereocenters. The van der Waals surface area contributed by atoms with Crippen LogP contribution in [0.3, 0.4) is 0 Å². The normalized spacial score (nSPS) is 16.4. The summed E-state index contributed by atoms with van der Waals surface area (Å²) in [6.45, 7) is 6.02. The van der Waals surface area contributed by atoms with Crippen LogP contribution in [0.4, 0.5) is 0 Å². The highest BCUT2D eigenvalue weighted by molar-refractivity contribution is 5.43. The van der Waals surface area contributed by atoms with Gasteiger partial charge in [-0.15, -0.1) is 0 Å². The molecule has 0 aromatic heterocycles. The number of likely N-dealkylation sites (tertiary alicyclic amines) is 1. The maximum absolute atomic E-state index is 10.3. The Bertz CT molecular complexity index is 791. The summed E-state index contributed by atoms with van der Waals surface area (Å²) in [5.74, 6) is 1.30. The lowest BCUT2D eigenvalue weighted by Crippen LogP contribution is -2.41. The smallest absolute Gasteiger partial charge is 0.161 e. The molecule has 2 aromatic carbocycles. The summed E-state index contributed by atoms with van der Waals surface area (Å²) in [7, 11) is 1.63. The zero-order valence-electron chi connectivity index (χ0n) is 18.0. The quantitative estimate of drug-likeness (QED) is 0.555. The van der Waals surface area contributed by atoms with E-state index in [9.17, 15) is 10.2 Å². The van der Waals surface area contributed by atoms with Crippen molar-refractivity contribution in [3.05, 3.63) is 59.2 Å². The highest BCUT2D eigenvalue weighted by Crippen LogP contribution is 2.28. The maximum atomic E-state index is 10.3. The monoisotopic (exact) mass is 414 g/mol. The van der Waals surface area contributed by atoms with E-state index in [1.54, 1.807) is 7.11 Å². The molecule has 0 saturated carbocycles. The number of methoxy groups -OCH3 is 1. The lowest BCUT2D eigenvalue weighted by molar-refractivity contribution is 0.0333. The molecule has 1 atom stereocenters. The van der Waals surface area contributed by atoms with Crippen LogP contribution >= 0.6 is 0 Å². The van der Waals surface area contributed by atoms with Crippen LogP contribution in [0.15, 0.2) is 42.5 Å². The molecule has 0 bridgehead atoms. The minimum absolute atomic E-state index is 0.205. The van der Waals surface area contributed by atoms with Gasteiger partial charge in [0, 0.05) is 32.7 Å². The van der Waals surface area contributed by atoms with E-state index < -0.39 is 6.10 Å². The number of benzene rings is 2. The Balaban J connectivity index is 1.46. The fraction of sp³-hybridized carbons (Fsp3) is 0.500. The third-order valence-electron chi connectivity index (χ3n) is 5.43. The van der Waals surface area contributed by atoms with Crippen molar-refractivity contribution in [3.63, 3.8) is 0 Å². The van der Waals surface area contributed by atoms with E-state index in [1.807, 2.05) is 18.2 Å². The number of ether oxygens (including phenoxy) is 2. The summed E-state index contributed by atoms with van der Waals surface area (Å²) in [6, 6.07) is 14.4. The van der Waals surface area contributed by atoms with Gasteiger partial charge in [0.2, 0.25) is 0 Å². The standard InChI is InChI=1S/C24H34N2O4/c1-18-4-3-5-19(12-18)14-25-15-20-6-7-23(24(13-20)29-2)30-17-22(28)16-26-10-8-21(27)9-11-26/h3-7,12-13,21-22,25,27-28H,8-11,14-17H2,1-2H3/t22-/m0/s1. The first-order chi connectivity index (χ1) is 14.5. The van der Waals surface area contributed by atoms with Crippen molar-refractivity contribution in [2.24, 2.45) is 0 Å². The van der Waals surface area contributed by atoms with Crippen molar-refractivity contribution in [1.29, 1.82) is 0 Å². The van der Waals surface area contributed by atoms with Crippen molar-refractivity contribution >= 4 is 0 Å². The average Bonchev–Trinajstić information content (AvgIpc) is 2.74. The second-order valence-electron chi connectivity index (χ2n) is 8.07. The molecule has 1 fully saturated rings. The number of aliphatic hydroxyl groups is 2. The van der Waals surface area contributed by atoms with Crippen LogP contribution in [0.2, 0.25) is 0 Å². The number of nitrogens with zero attached hydrogens (tertiary/aromatic N) is 1. The Morgan fingerprint density at radius 2 is 1.80 bits per heavy atom. The van der Waals surface area contributed by atoms with Gasteiger partial charge in [-0.1, -0.05) is 35.9 Å². The topological polar surface area (TPSA) is 74.2 Å². The summed E-state index contributed by atoms with van der Waals surface area (Å²) >= 11 is 0. The predicted octanol–water partition coefficient (Wildman–Crippen LogP) is 2.49. The molecule has 3 rings (SSSR count). The molecule has 1 saturated heterocycles. The SMILES string of the molecule is COc1cc(CNCc2cccc(C)c2)ccc1OC[C@@H](O)CN1CCC(O)CC1. The average molecular weight is 415 g/mol. The lowest BCUT2D eigenvalue weighted by atomic mass is 10.1. The van der Waals surface area contributed by atoms with Gasteiger partial charge < -0.3 is 29.9 Å². The highest BCUT2D eigenvalue weighted by Gasteiger charge is 2.20. The molecule has 164 valence electrons. The molecule has 0 amide bonds. The molecule has 0 spiro atoms. The number of hydrogen-bond donors (Lipinski definition) is 3. The molecule has 3 N–H and O–H groups in total. The first-order valence-corrected chi connectivity index (χ1v) is 10.7. The van der Waals surface area contributed by atoms with Crippen molar-refractivity contribution in [1.82, 2.24) is 10.2 Å². The number of aryl methyl sites for hydroxylation is 1. The van der Waals surface area contributed by atoms with E-state index in [0.717, 1.165) is 44.6 Å². The van der Waals surface area contributed by atoms with Gasteiger partial charge in [-0.2, -0.15) is 0 Å². The van der Waals surface area contributed by atoms with Crippen LogP contribution in [0.25, 0.3) is 0 Å². The molecular weight excluding hydrogens is 380 g/mol. The molecule has 6 nitrogen and oxygen atoms in total. The molecule has 0 radical (unpaired) electrons. The van der Waals surface area contributed by atoms with E-state index in [1.165, 1.54) is 11.1 Å². The number of hydrogen-bond acceptors (Lipinski definition) is 6. The fourth-order valence-corrected chi connectivity index (χ4v) is 3.75. The van der Waals surface area contributed by atoms with Gasteiger partial charge in [0.05, 0.1) is 13.2 Å². The van der Waals surface area contributed by atoms with Crippen LogP contribution in [0, 0.1) is 6.92 Å². The molecule has 0 aliphatic carbocycles. The van der Waals surface area contributed by atoms with E-state index >= 15 is 0 Å². The van der Waals surface area contributed by atoms with Gasteiger partial charge in [0.25, 0.3) is 0 Å². The predicted molar refractivity (Wildman–Crippen MR) is 118 cm³/mol. The minimum Gasteiger partial charge on any atom is -0.493 e. The third kappa shape index (κ3) is 6.99. The van der Waals surface area contributed by atoms with Crippen LogP contribution in [-0.2, 0) is 13.1 Å². The number of aliphatic hydroxyl groups excluding tert-OH is 2. The van der Waals surface area contributed by atoms with Crippen LogP contribution in [0.5, 0.6) is 11.5 Å². The number of piperidine rings is 1. The first kappa shape index (κ1) is 22.6. The van der Waals surface area contributed by atoms with E-state index in [2.05, 4.69) is 41.4 Å². The highest BCUT2D eigenvalue weighted by atomic mass is 16.5. The number of β-amino-alcohol motifs (C(OH)–C–C–N with tert-alkyl or cyclic N) is 1. The van der Waals surface area contributed by atoms with Crippen molar-refractivity contribution in [2.45, 2.75) is 45.1 Å². The van der Waals surface area contributed by atoms with Crippen LogP contribution < -0.4 is 14.8 Å². The van der Waals surface area contributed by atoms with Crippen molar-refractivity contribution in [2.75, 3.05) is 33.4 Å². The van der Waals surface area contributed by atoms with Gasteiger partial charge in [0.15, 0.2) is 11.5 Å². The van der Waals surface area contributed by atoms with Gasteiger partial charge in [0.1, 0.15) is 12.7 Å². The fourth-order valence-electron chi connectivity index (χ4n) is 3.75. The van der Waals surface area contributed by atoms with Crippen molar-refractivity contribution in [3.8, 4) is 11.5 Å². The Morgan fingerprint density at radius 1 is 1.07 bits per heavy atom. The molecular formula is C24H34N2O4. The second kappa shape index (κ2) is 11.3. The zero-order chi connectivity index (χ0) is 21.3. The molecule has 2 aromatic rings. The Hall–Kier alpha value is -2.12. The number of nitrogens with one attached hydrogen (secondary N) is 1. The summed E-state index contributed by atoms with van der Waals surface area (Å²) in [5.41, 5.74) is 3.64. The largest absolute Gasteiger partial charge is 0.493 e. The van der Waals surface area contributed by atoms with Gasteiger partial charge in [-0.05, 0) is 43.0 Å². The molecule has 1 aliphatic heterocycles. The second-order valence-corrected chi connectivity index (χ2v) is 8.07. The third-order valence-corrected chi connectivity index (χ3v) is 5.43. The zero-order valence-corrected chi connectivity index (χ0v) is 18.0. The van der Waals surface area contributed by atoms with Crippen LogP contribution in [-0.4, -0.2) is 60.7 Å². The molecule has 30 heavy (non-hydrogen) atoms. The molecule has 6 heteroatoms. The van der Waals surface area contributed by atoms with E-state index in [-0.39, 0.29) is 12.7 Å². The lowest BCUT2D eigenvalue weighted by Gasteiger charge is -2.30. The van der Waals surface area contributed by atoms with E-state index in [0.29, 0.717) is 18.0 Å². The van der Waals surface area contributed by atoms with Crippen molar-refractivity contribution < 1.29 is 19.7 Å². The Labute approximate surface area is 179 Å². The van der Waals surface area contributed by atoms with E-state index in [4.69, 9.17) is 9.47 Å². The first-order valence-electron chi connectivity index (χ1n) is 10.7. The summed E-state index contributed by atoms with van der Waals surface area (Å²) in [4.78, 5) is 2.17. The van der Waals surface area contributed by atoms with Gasteiger partial charge in [-0.25, -0.2) is 0 Å².